The van der Waals surface area contributed by atoms with Crippen LogP contribution in [0.3, 0.4) is 0 Å². The zero-order chi connectivity index (χ0) is 14.4. The molecule has 0 bridgehead atoms. The van der Waals surface area contributed by atoms with Crippen LogP contribution >= 0.6 is 0 Å². The largest absolute Gasteiger partial charge is 0.394 e. The highest BCUT2D eigenvalue weighted by molar-refractivity contribution is 5.04. The van der Waals surface area contributed by atoms with E-state index in [0.717, 1.165) is 13.1 Å². The Morgan fingerprint density at radius 1 is 1.35 bits per heavy atom. The molecular formula is C15H28N4O. The van der Waals surface area contributed by atoms with Crippen molar-refractivity contribution in [3.63, 3.8) is 0 Å². The number of hydrogen-bond acceptors (Lipinski definition) is 4. The molecule has 2 rings (SSSR count). The maximum absolute atomic E-state index is 8.89. The molecule has 1 heterocycles. The van der Waals surface area contributed by atoms with Crippen molar-refractivity contribution in [2.75, 3.05) is 27.2 Å². The van der Waals surface area contributed by atoms with E-state index in [9.17, 15) is 0 Å². The van der Waals surface area contributed by atoms with Gasteiger partial charge < -0.3 is 15.3 Å². The highest BCUT2D eigenvalue weighted by Crippen LogP contribution is 2.31. The summed E-state index contributed by atoms with van der Waals surface area (Å²) >= 11 is 0. The van der Waals surface area contributed by atoms with Gasteiger partial charge in [-0.05, 0) is 26.9 Å². The van der Waals surface area contributed by atoms with Crippen LogP contribution in [0.4, 0.5) is 0 Å². The molecule has 0 aliphatic heterocycles. The predicted octanol–water partition coefficient (Wildman–Crippen LogP) is 1.23. The van der Waals surface area contributed by atoms with E-state index in [1.165, 1.54) is 37.7 Å². The van der Waals surface area contributed by atoms with Gasteiger partial charge in [-0.25, -0.2) is 0 Å². The van der Waals surface area contributed by atoms with Gasteiger partial charge in [0, 0.05) is 30.4 Å². The quantitative estimate of drug-likeness (QED) is 0.789. The first-order valence-corrected chi connectivity index (χ1v) is 7.67. The van der Waals surface area contributed by atoms with Crippen LogP contribution < -0.4 is 5.32 Å². The van der Waals surface area contributed by atoms with Crippen molar-refractivity contribution in [2.24, 2.45) is 0 Å². The number of rotatable bonds is 7. The summed E-state index contributed by atoms with van der Waals surface area (Å²) in [6, 6.07) is 0. The molecular weight excluding hydrogens is 252 g/mol. The van der Waals surface area contributed by atoms with Crippen LogP contribution in [0.5, 0.6) is 0 Å². The first kappa shape index (κ1) is 15.5. The molecule has 1 aliphatic rings. The molecule has 0 atom stereocenters. The molecule has 0 radical (unpaired) electrons. The highest BCUT2D eigenvalue weighted by Gasteiger charge is 2.33. The van der Waals surface area contributed by atoms with E-state index in [-0.39, 0.29) is 6.61 Å². The summed E-state index contributed by atoms with van der Waals surface area (Å²) in [7, 11) is 4.40. The molecule has 0 spiro atoms. The third kappa shape index (κ3) is 3.81. The molecule has 0 saturated heterocycles. The van der Waals surface area contributed by atoms with Crippen LogP contribution in [-0.2, 0) is 13.1 Å². The zero-order valence-electron chi connectivity index (χ0n) is 12.8. The lowest BCUT2D eigenvalue weighted by atomic mass is 9.80. The summed E-state index contributed by atoms with van der Waals surface area (Å²) in [5.41, 5.74) is 1.50. The van der Waals surface area contributed by atoms with Crippen LogP contribution in [0, 0.1) is 0 Å². The summed E-state index contributed by atoms with van der Waals surface area (Å²) < 4.78 is 1.79. The van der Waals surface area contributed by atoms with Crippen LogP contribution in [0.1, 0.15) is 37.7 Å². The van der Waals surface area contributed by atoms with Crippen molar-refractivity contribution in [2.45, 2.75) is 50.7 Å². The topological polar surface area (TPSA) is 53.3 Å². The molecule has 0 amide bonds. The third-order valence-electron chi connectivity index (χ3n) is 4.53. The Labute approximate surface area is 122 Å². The van der Waals surface area contributed by atoms with Gasteiger partial charge in [0.15, 0.2) is 0 Å². The van der Waals surface area contributed by atoms with Crippen molar-refractivity contribution >= 4 is 0 Å². The average Bonchev–Trinajstić information content (AvgIpc) is 2.88. The Morgan fingerprint density at radius 3 is 2.75 bits per heavy atom. The van der Waals surface area contributed by atoms with E-state index < -0.39 is 0 Å². The number of aromatic nitrogens is 2. The van der Waals surface area contributed by atoms with Crippen LogP contribution in [0.25, 0.3) is 0 Å². The average molecular weight is 280 g/mol. The fourth-order valence-electron chi connectivity index (χ4n) is 3.15. The van der Waals surface area contributed by atoms with Gasteiger partial charge in [-0.15, -0.1) is 0 Å². The monoisotopic (exact) mass is 280 g/mol. The minimum Gasteiger partial charge on any atom is -0.394 e. The number of hydrogen-bond donors (Lipinski definition) is 2. The van der Waals surface area contributed by atoms with Gasteiger partial charge in [-0.2, -0.15) is 5.10 Å². The van der Waals surface area contributed by atoms with Gasteiger partial charge >= 0.3 is 0 Å². The molecule has 114 valence electrons. The summed E-state index contributed by atoms with van der Waals surface area (Å²) in [5.74, 6) is 0. The van der Waals surface area contributed by atoms with E-state index in [1.54, 1.807) is 4.68 Å². The molecule has 1 saturated carbocycles. The highest BCUT2D eigenvalue weighted by atomic mass is 16.3. The van der Waals surface area contributed by atoms with Crippen molar-refractivity contribution in [1.29, 1.82) is 0 Å². The maximum Gasteiger partial charge on any atom is 0.0640 e. The molecule has 1 fully saturated rings. The van der Waals surface area contributed by atoms with Crippen LogP contribution in [0.15, 0.2) is 12.4 Å². The van der Waals surface area contributed by atoms with Gasteiger partial charge in [0.05, 0.1) is 19.3 Å². The van der Waals surface area contributed by atoms with E-state index in [4.69, 9.17) is 5.11 Å². The first-order valence-electron chi connectivity index (χ1n) is 7.67. The molecule has 2 N–H and O–H groups in total. The molecule has 5 heteroatoms. The third-order valence-corrected chi connectivity index (χ3v) is 4.53. The molecule has 1 aromatic rings. The number of likely N-dealkylation sites (N-methyl/N-ethyl adjacent to an activating group) is 1. The van der Waals surface area contributed by atoms with E-state index in [1.807, 2.05) is 12.4 Å². The van der Waals surface area contributed by atoms with Gasteiger partial charge in [0.25, 0.3) is 0 Å². The molecule has 0 unspecified atom stereocenters. The van der Waals surface area contributed by atoms with Crippen molar-refractivity contribution in [3.8, 4) is 0 Å². The molecule has 20 heavy (non-hydrogen) atoms. The number of aliphatic hydroxyl groups is 1. The first-order chi connectivity index (χ1) is 9.66. The van der Waals surface area contributed by atoms with Gasteiger partial charge in [0.2, 0.25) is 0 Å². The maximum atomic E-state index is 8.89. The zero-order valence-corrected chi connectivity index (χ0v) is 12.8. The SMILES string of the molecule is CN(C)C1(CNCc2cnn(CCO)c2)CCCCC1. The van der Waals surface area contributed by atoms with Crippen molar-refractivity contribution in [3.05, 3.63) is 18.0 Å². The second-order valence-electron chi connectivity index (χ2n) is 6.12. The lowest BCUT2D eigenvalue weighted by Crippen LogP contribution is -2.52. The molecule has 5 nitrogen and oxygen atoms in total. The molecule has 0 aromatic carbocycles. The van der Waals surface area contributed by atoms with Crippen molar-refractivity contribution in [1.82, 2.24) is 20.0 Å². The number of nitrogens with one attached hydrogen (secondary N) is 1. The minimum absolute atomic E-state index is 0.137. The summed E-state index contributed by atoms with van der Waals surface area (Å²) in [6.07, 6.45) is 10.5. The van der Waals surface area contributed by atoms with E-state index in [0.29, 0.717) is 12.1 Å². The van der Waals surface area contributed by atoms with E-state index in [2.05, 4.69) is 29.4 Å². The summed E-state index contributed by atoms with van der Waals surface area (Å²) in [5, 5.41) is 16.7. The Kier molecular flexibility index (Phi) is 5.57. The summed E-state index contributed by atoms with van der Waals surface area (Å²) in [6.45, 7) is 2.59. The van der Waals surface area contributed by atoms with Gasteiger partial charge in [0.1, 0.15) is 0 Å². The fourth-order valence-corrected chi connectivity index (χ4v) is 3.15. The lowest BCUT2D eigenvalue weighted by molar-refractivity contribution is 0.0984. The Balaban J connectivity index is 1.83. The number of nitrogens with zero attached hydrogens (tertiary/aromatic N) is 3. The second-order valence-corrected chi connectivity index (χ2v) is 6.12. The second kappa shape index (κ2) is 7.20. The van der Waals surface area contributed by atoms with Gasteiger partial charge in [-0.3, -0.25) is 4.68 Å². The Hall–Kier alpha value is -0.910. The summed E-state index contributed by atoms with van der Waals surface area (Å²) in [4.78, 5) is 2.40. The van der Waals surface area contributed by atoms with Gasteiger partial charge in [-0.1, -0.05) is 19.3 Å². The molecule has 1 aromatic heterocycles. The minimum atomic E-state index is 0.137. The smallest absolute Gasteiger partial charge is 0.0640 e. The normalized spacial score (nSPS) is 18.6. The van der Waals surface area contributed by atoms with Crippen molar-refractivity contribution < 1.29 is 5.11 Å². The molecule has 1 aliphatic carbocycles. The standard InChI is InChI=1S/C15H28N4O/c1-18(2)15(6-4-3-5-7-15)13-16-10-14-11-17-19(12-14)8-9-20/h11-12,16,20H,3-10,13H2,1-2H3. The Bertz CT molecular complexity index is 396. The Morgan fingerprint density at radius 2 is 2.10 bits per heavy atom. The van der Waals surface area contributed by atoms with E-state index >= 15 is 0 Å². The predicted molar refractivity (Wildman–Crippen MR) is 80.5 cm³/mol. The number of aliphatic hydroxyl groups excluding tert-OH is 1. The van der Waals surface area contributed by atoms with Crippen LogP contribution in [-0.4, -0.2) is 52.6 Å². The lowest BCUT2D eigenvalue weighted by Gasteiger charge is -2.43. The van der Waals surface area contributed by atoms with Crippen LogP contribution in [0.2, 0.25) is 0 Å². The fraction of sp³-hybridized carbons (Fsp3) is 0.800.